The molecule has 106 valence electrons. The van der Waals surface area contributed by atoms with Gasteiger partial charge in [0, 0.05) is 0 Å². The molecule has 0 fully saturated rings. The molecular formula is C18H22O2. The molecule has 0 heterocycles. The summed E-state index contributed by atoms with van der Waals surface area (Å²) >= 11 is 0. The molecular weight excluding hydrogens is 248 g/mol. The molecule has 1 unspecified atom stereocenters. The fourth-order valence-electron chi connectivity index (χ4n) is 2.70. The zero-order chi connectivity index (χ0) is 14.7. The smallest absolute Gasteiger partial charge is 0.119 e. The minimum atomic E-state index is -0.591. The number of aliphatic hydroxyl groups is 1. The molecule has 2 nitrogen and oxygen atoms in total. The molecule has 0 aromatic heterocycles. The molecule has 0 aliphatic heterocycles. The van der Waals surface area contributed by atoms with Gasteiger partial charge >= 0.3 is 0 Å². The second-order valence-corrected chi connectivity index (χ2v) is 5.22. The summed E-state index contributed by atoms with van der Waals surface area (Å²) in [5.41, 5.74) is 5.37. The van der Waals surface area contributed by atoms with Crippen LogP contribution in [-0.4, -0.2) is 11.7 Å². The van der Waals surface area contributed by atoms with E-state index in [9.17, 15) is 5.11 Å². The largest absolute Gasteiger partial charge is 0.494 e. The molecule has 0 saturated carbocycles. The van der Waals surface area contributed by atoms with Gasteiger partial charge in [-0.2, -0.15) is 0 Å². The highest BCUT2D eigenvalue weighted by atomic mass is 16.5. The first-order valence-corrected chi connectivity index (χ1v) is 7.01. The molecule has 0 amide bonds. The minimum absolute atomic E-state index is 0.591. The van der Waals surface area contributed by atoms with Crippen LogP contribution in [0.15, 0.2) is 36.4 Å². The fourth-order valence-corrected chi connectivity index (χ4v) is 2.70. The van der Waals surface area contributed by atoms with Crippen molar-refractivity contribution < 1.29 is 9.84 Å². The normalized spacial score (nSPS) is 12.2. The van der Waals surface area contributed by atoms with Crippen LogP contribution in [0.1, 0.15) is 40.8 Å². The molecule has 2 heteroatoms. The van der Waals surface area contributed by atoms with Crippen LogP contribution in [0.5, 0.6) is 5.75 Å². The first kappa shape index (κ1) is 14.6. The predicted octanol–water partition coefficient (Wildman–Crippen LogP) is 4.09. The summed E-state index contributed by atoms with van der Waals surface area (Å²) in [7, 11) is 0. The van der Waals surface area contributed by atoms with Crippen molar-refractivity contribution in [1.29, 1.82) is 0 Å². The van der Waals surface area contributed by atoms with Gasteiger partial charge in [-0.1, -0.05) is 29.8 Å². The second-order valence-electron chi connectivity index (χ2n) is 5.22. The van der Waals surface area contributed by atoms with Crippen LogP contribution in [0.3, 0.4) is 0 Å². The number of hydrogen-bond donors (Lipinski definition) is 1. The third-order valence-electron chi connectivity index (χ3n) is 3.52. The van der Waals surface area contributed by atoms with Gasteiger partial charge in [-0.3, -0.25) is 0 Å². The number of benzene rings is 2. The number of aryl methyl sites for hydroxylation is 3. The molecule has 20 heavy (non-hydrogen) atoms. The van der Waals surface area contributed by atoms with Crippen molar-refractivity contribution in [3.8, 4) is 5.75 Å². The topological polar surface area (TPSA) is 29.5 Å². The van der Waals surface area contributed by atoms with Crippen molar-refractivity contribution >= 4 is 0 Å². The Bertz CT molecular complexity index is 562. The summed E-state index contributed by atoms with van der Waals surface area (Å²) in [6.07, 6.45) is -0.591. The monoisotopic (exact) mass is 270 g/mol. The van der Waals surface area contributed by atoms with Gasteiger partial charge in [0.05, 0.1) is 6.61 Å². The van der Waals surface area contributed by atoms with Crippen molar-refractivity contribution in [2.45, 2.75) is 33.8 Å². The molecule has 0 spiro atoms. The molecule has 0 radical (unpaired) electrons. The molecule has 0 aliphatic carbocycles. The van der Waals surface area contributed by atoms with E-state index in [0.717, 1.165) is 28.0 Å². The Morgan fingerprint density at radius 3 is 2.05 bits per heavy atom. The number of aliphatic hydroxyl groups excluding tert-OH is 1. The van der Waals surface area contributed by atoms with E-state index in [-0.39, 0.29) is 0 Å². The Labute approximate surface area is 121 Å². The molecule has 2 aromatic carbocycles. The van der Waals surface area contributed by atoms with E-state index in [1.54, 1.807) is 0 Å². The van der Waals surface area contributed by atoms with Gasteiger partial charge in [-0.15, -0.1) is 0 Å². The third kappa shape index (κ3) is 3.02. The molecule has 0 aliphatic rings. The Morgan fingerprint density at radius 1 is 1.00 bits per heavy atom. The highest BCUT2D eigenvalue weighted by Gasteiger charge is 2.15. The van der Waals surface area contributed by atoms with Crippen LogP contribution in [0.2, 0.25) is 0 Å². The Hall–Kier alpha value is -1.80. The van der Waals surface area contributed by atoms with Gasteiger partial charge in [-0.05, 0) is 62.1 Å². The first-order chi connectivity index (χ1) is 9.52. The number of ether oxygens (including phenoxy) is 1. The van der Waals surface area contributed by atoms with Crippen LogP contribution in [0.25, 0.3) is 0 Å². The van der Waals surface area contributed by atoms with Crippen molar-refractivity contribution in [2.75, 3.05) is 6.61 Å². The van der Waals surface area contributed by atoms with E-state index >= 15 is 0 Å². The van der Waals surface area contributed by atoms with Crippen LogP contribution < -0.4 is 4.74 Å². The van der Waals surface area contributed by atoms with E-state index < -0.39 is 6.10 Å². The quantitative estimate of drug-likeness (QED) is 0.906. The van der Waals surface area contributed by atoms with E-state index in [1.807, 2.05) is 45.0 Å². The fraction of sp³-hybridized carbons (Fsp3) is 0.333. The van der Waals surface area contributed by atoms with E-state index in [4.69, 9.17) is 4.74 Å². The lowest BCUT2D eigenvalue weighted by molar-refractivity contribution is 0.218. The molecule has 1 N–H and O–H groups in total. The average Bonchev–Trinajstić information content (AvgIpc) is 2.38. The van der Waals surface area contributed by atoms with Crippen LogP contribution in [0.4, 0.5) is 0 Å². The highest BCUT2D eigenvalue weighted by Crippen LogP contribution is 2.29. The van der Waals surface area contributed by atoms with Gasteiger partial charge in [0.2, 0.25) is 0 Å². The second kappa shape index (κ2) is 6.10. The minimum Gasteiger partial charge on any atom is -0.494 e. The lowest BCUT2D eigenvalue weighted by Gasteiger charge is -2.18. The lowest BCUT2D eigenvalue weighted by atomic mass is 9.92. The molecule has 2 aromatic rings. The van der Waals surface area contributed by atoms with Crippen LogP contribution in [0, 0.1) is 20.8 Å². The summed E-state index contributed by atoms with van der Waals surface area (Å²) in [6.45, 7) is 8.78. The SMILES string of the molecule is CCOc1ccc(C(O)c2c(C)cc(C)cc2C)cc1. The maximum Gasteiger partial charge on any atom is 0.119 e. The first-order valence-electron chi connectivity index (χ1n) is 7.01. The zero-order valence-electron chi connectivity index (χ0n) is 12.6. The van der Waals surface area contributed by atoms with Crippen molar-refractivity contribution in [2.24, 2.45) is 0 Å². The summed E-state index contributed by atoms with van der Waals surface area (Å²) in [6, 6.07) is 11.9. The Balaban J connectivity index is 2.33. The predicted molar refractivity (Wildman–Crippen MR) is 82.3 cm³/mol. The maximum atomic E-state index is 10.6. The van der Waals surface area contributed by atoms with Crippen LogP contribution in [-0.2, 0) is 0 Å². The van der Waals surface area contributed by atoms with Gasteiger partial charge < -0.3 is 9.84 Å². The van der Waals surface area contributed by atoms with Crippen molar-refractivity contribution in [1.82, 2.24) is 0 Å². The summed E-state index contributed by atoms with van der Waals surface area (Å²) in [5.74, 6) is 0.834. The molecule has 0 bridgehead atoms. The van der Waals surface area contributed by atoms with E-state index in [0.29, 0.717) is 6.61 Å². The number of rotatable bonds is 4. The van der Waals surface area contributed by atoms with E-state index in [2.05, 4.69) is 19.1 Å². The highest BCUT2D eigenvalue weighted by molar-refractivity contribution is 5.43. The summed E-state index contributed by atoms with van der Waals surface area (Å²) in [5, 5.41) is 10.6. The number of hydrogen-bond acceptors (Lipinski definition) is 2. The average molecular weight is 270 g/mol. The van der Waals surface area contributed by atoms with E-state index in [1.165, 1.54) is 5.56 Å². The molecule has 1 atom stereocenters. The van der Waals surface area contributed by atoms with Crippen molar-refractivity contribution in [3.63, 3.8) is 0 Å². The van der Waals surface area contributed by atoms with Gasteiger partial charge in [0.1, 0.15) is 11.9 Å². The summed E-state index contributed by atoms with van der Waals surface area (Å²) < 4.78 is 5.43. The molecule has 2 rings (SSSR count). The zero-order valence-corrected chi connectivity index (χ0v) is 12.6. The lowest BCUT2D eigenvalue weighted by Crippen LogP contribution is -2.05. The third-order valence-corrected chi connectivity index (χ3v) is 3.52. The van der Waals surface area contributed by atoms with Gasteiger partial charge in [0.25, 0.3) is 0 Å². The molecule has 0 saturated heterocycles. The summed E-state index contributed by atoms with van der Waals surface area (Å²) in [4.78, 5) is 0. The maximum absolute atomic E-state index is 10.6. The Kier molecular flexibility index (Phi) is 4.46. The van der Waals surface area contributed by atoms with Crippen molar-refractivity contribution in [3.05, 3.63) is 64.2 Å². The Morgan fingerprint density at radius 2 is 1.55 bits per heavy atom. The standard InChI is InChI=1S/C18H22O2/c1-5-20-16-8-6-15(7-9-16)18(19)17-13(3)10-12(2)11-14(17)4/h6-11,18-19H,5H2,1-4H3. The van der Waals surface area contributed by atoms with Crippen LogP contribution >= 0.6 is 0 Å². The van der Waals surface area contributed by atoms with Gasteiger partial charge in [-0.25, -0.2) is 0 Å². The van der Waals surface area contributed by atoms with Gasteiger partial charge in [0.15, 0.2) is 0 Å².